The number of halogens is 2. The first-order chi connectivity index (χ1) is 10.1. The first kappa shape index (κ1) is 15.3. The smallest absolute Gasteiger partial charge is 0.253 e. The van der Waals surface area contributed by atoms with Crippen molar-refractivity contribution in [2.45, 2.75) is 31.7 Å². The summed E-state index contributed by atoms with van der Waals surface area (Å²) < 4.78 is 0.828. The van der Waals surface area contributed by atoms with E-state index in [0.29, 0.717) is 16.6 Å². The van der Waals surface area contributed by atoms with Crippen molar-refractivity contribution >= 4 is 33.4 Å². The summed E-state index contributed by atoms with van der Waals surface area (Å²) in [6.07, 6.45) is 4.90. The zero-order valence-electron chi connectivity index (χ0n) is 12.0. The zero-order chi connectivity index (χ0) is 14.8. The highest BCUT2D eigenvalue weighted by Crippen LogP contribution is 2.25. The highest BCUT2D eigenvalue weighted by Gasteiger charge is 2.29. The topological polar surface area (TPSA) is 23.6 Å². The van der Waals surface area contributed by atoms with Gasteiger partial charge < -0.3 is 4.90 Å². The second-order valence-electron chi connectivity index (χ2n) is 5.92. The summed E-state index contributed by atoms with van der Waals surface area (Å²) in [7, 11) is 0. The maximum atomic E-state index is 12.7. The minimum Gasteiger partial charge on any atom is -0.337 e. The normalized spacial score (nSPS) is 23.5. The van der Waals surface area contributed by atoms with Gasteiger partial charge in [0.15, 0.2) is 0 Å². The lowest BCUT2D eigenvalue weighted by Crippen LogP contribution is -2.48. The third kappa shape index (κ3) is 3.43. The van der Waals surface area contributed by atoms with Crippen molar-refractivity contribution < 1.29 is 4.79 Å². The average molecular weight is 372 g/mol. The lowest BCUT2D eigenvalue weighted by atomic mass is 10.0. The Bertz CT molecular complexity index is 531. The van der Waals surface area contributed by atoms with E-state index in [4.69, 9.17) is 11.6 Å². The molecule has 2 fully saturated rings. The summed E-state index contributed by atoms with van der Waals surface area (Å²) in [6, 6.07) is 5.99. The molecule has 3 rings (SSSR count). The van der Waals surface area contributed by atoms with Crippen molar-refractivity contribution in [1.82, 2.24) is 9.80 Å². The number of benzene rings is 1. The molecule has 1 aromatic rings. The van der Waals surface area contributed by atoms with Gasteiger partial charge in [0.1, 0.15) is 0 Å². The van der Waals surface area contributed by atoms with Crippen LogP contribution in [0.3, 0.4) is 0 Å². The van der Waals surface area contributed by atoms with E-state index in [1.807, 2.05) is 17.0 Å². The van der Waals surface area contributed by atoms with Crippen LogP contribution in [0.2, 0.25) is 5.02 Å². The second kappa shape index (κ2) is 6.67. The van der Waals surface area contributed by atoms with E-state index in [-0.39, 0.29) is 5.91 Å². The van der Waals surface area contributed by atoms with Crippen LogP contribution in [-0.4, -0.2) is 47.9 Å². The Morgan fingerprint density at radius 1 is 1.19 bits per heavy atom. The lowest BCUT2D eigenvalue weighted by molar-refractivity contribution is 0.0608. The molecule has 0 aromatic heterocycles. The van der Waals surface area contributed by atoms with Gasteiger partial charge in [-0.3, -0.25) is 9.69 Å². The number of likely N-dealkylation sites (tertiary alicyclic amines) is 2. The molecule has 3 nitrogen and oxygen atoms in total. The SMILES string of the molecule is O=C(c1ccc(Br)c(Cl)c1)N1CCCC(N2CCCC2)C1. The first-order valence-corrected chi connectivity index (χ1v) is 8.80. The number of hydrogen-bond donors (Lipinski definition) is 0. The molecule has 0 bridgehead atoms. The quantitative estimate of drug-likeness (QED) is 0.789. The maximum absolute atomic E-state index is 12.7. The lowest BCUT2D eigenvalue weighted by Gasteiger charge is -2.37. The molecule has 2 heterocycles. The molecule has 2 saturated heterocycles. The fourth-order valence-corrected chi connectivity index (χ4v) is 3.78. The molecular formula is C16H20BrClN2O. The minimum absolute atomic E-state index is 0.105. The van der Waals surface area contributed by atoms with Crippen molar-refractivity contribution in [2.75, 3.05) is 26.2 Å². The molecule has 2 aliphatic rings. The van der Waals surface area contributed by atoms with Crippen LogP contribution in [0, 0.1) is 0 Å². The number of hydrogen-bond acceptors (Lipinski definition) is 2. The van der Waals surface area contributed by atoms with Gasteiger partial charge in [-0.2, -0.15) is 0 Å². The minimum atomic E-state index is 0.105. The molecule has 5 heteroatoms. The van der Waals surface area contributed by atoms with Crippen molar-refractivity contribution in [3.8, 4) is 0 Å². The Balaban J connectivity index is 1.70. The summed E-state index contributed by atoms with van der Waals surface area (Å²) in [5.41, 5.74) is 0.685. The summed E-state index contributed by atoms with van der Waals surface area (Å²) in [5.74, 6) is 0.105. The molecule has 1 atom stereocenters. The van der Waals surface area contributed by atoms with Crippen molar-refractivity contribution in [3.63, 3.8) is 0 Å². The molecule has 21 heavy (non-hydrogen) atoms. The summed E-state index contributed by atoms with van der Waals surface area (Å²) in [4.78, 5) is 17.2. The highest BCUT2D eigenvalue weighted by atomic mass is 79.9. The van der Waals surface area contributed by atoms with E-state index in [1.165, 1.54) is 32.4 Å². The van der Waals surface area contributed by atoms with E-state index >= 15 is 0 Å². The van der Waals surface area contributed by atoms with E-state index in [1.54, 1.807) is 6.07 Å². The van der Waals surface area contributed by atoms with Crippen molar-refractivity contribution in [3.05, 3.63) is 33.3 Å². The van der Waals surface area contributed by atoms with Crippen LogP contribution < -0.4 is 0 Å². The van der Waals surface area contributed by atoms with E-state index in [9.17, 15) is 4.79 Å². The van der Waals surface area contributed by atoms with Gasteiger partial charge >= 0.3 is 0 Å². The van der Waals surface area contributed by atoms with Crippen LogP contribution in [0.5, 0.6) is 0 Å². The molecule has 1 unspecified atom stereocenters. The number of carbonyl (C=O) groups excluding carboxylic acids is 1. The van der Waals surface area contributed by atoms with E-state index in [2.05, 4.69) is 20.8 Å². The highest BCUT2D eigenvalue weighted by molar-refractivity contribution is 9.10. The molecule has 1 aromatic carbocycles. The molecule has 0 aliphatic carbocycles. The molecule has 0 spiro atoms. The van der Waals surface area contributed by atoms with Crippen LogP contribution in [-0.2, 0) is 0 Å². The fraction of sp³-hybridized carbons (Fsp3) is 0.562. The Morgan fingerprint density at radius 3 is 2.67 bits per heavy atom. The molecule has 0 radical (unpaired) electrons. The third-order valence-electron chi connectivity index (χ3n) is 4.51. The predicted molar refractivity (Wildman–Crippen MR) is 88.9 cm³/mol. The Kier molecular flexibility index (Phi) is 4.87. The van der Waals surface area contributed by atoms with Gasteiger partial charge in [-0.05, 0) is 72.9 Å². The van der Waals surface area contributed by atoms with Gasteiger partial charge in [-0.15, -0.1) is 0 Å². The average Bonchev–Trinajstić information content (AvgIpc) is 3.04. The van der Waals surface area contributed by atoms with Crippen molar-refractivity contribution in [2.24, 2.45) is 0 Å². The number of amides is 1. The maximum Gasteiger partial charge on any atom is 0.253 e. The molecule has 1 amide bonds. The van der Waals surface area contributed by atoms with Gasteiger partial charge in [0.2, 0.25) is 0 Å². The molecular weight excluding hydrogens is 352 g/mol. The summed E-state index contributed by atoms with van der Waals surface area (Å²) >= 11 is 9.47. The number of piperidine rings is 1. The van der Waals surface area contributed by atoms with E-state index in [0.717, 1.165) is 24.0 Å². The van der Waals surface area contributed by atoms with Crippen LogP contribution in [0.4, 0.5) is 0 Å². The molecule has 114 valence electrons. The summed E-state index contributed by atoms with van der Waals surface area (Å²) in [5, 5.41) is 0.592. The van der Waals surface area contributed by atoms with E-state index < -0.39 is 0 Å². The number of rotatable bonds is 2. The fourth-order valence-electron chi connectivity index (χ4n) is 3.36. The summed E-state index contributed by atoms with van der Waals surface area (Å²) in [6.45, 7) is 4.09. The van der Waals surface area contributed by atoms with Crippen LogP contribution in [0.25, 0.3) is 0 Å². The zero-order valence-corrected chi connectivity index (χ0v) is 14.4. The molecule has 0 N–H and O–H groups in total. The Morgan fingerprint density at radius 2 is 1.95 bits per heavy atom. The van der Waals surface area contributed by atoms with Gasteiger partial charge in [0.05, 0.1) is 5.02 Å². The Hall–Kier alpha value is -0.580. The van der Waals surface area contributed by atoms with Gasteiger partial charge in [-0.1, -0.05) is 11.6 Å². The van der Waals surface area contributed by atoms with Crippen LogP contribution >= 0.6 is 27.5 Å². The monoisotopic (exact) mass is 370 g/mol. The molecule has 2 aliphatic heterocycles. The van der Waals surface area contributed by atoms with Crippen LogP contribution in [0.1, 0.15) is 36.0 Å². The van der Waals surface area contributed by atoms with Gasteiger partial charge in [0.25, 0.3) is 5.91 Å². The number of nitrogens with zero attached hydrogens (tertiary/aromatic N) is 2. The number of carbonyl (C=O) groups is 1. The Labute approximate surface area is 139 Å². The van der Waals surface area contributed by atoms with Gasteiger partial charge in [0, 0.05) is 29.2 Å². The largest absolute Gasteiger partial charge is 0.337 e. The predicted octanol–water partition coefficient (Wildman–Crippen LogP) is 3.80. The van der Waals surface area contributed by atoms with Gasteiger partial charge in [-0.25, -0.2) is 0 Å². The first-order valence-electron chi connectivity index (χ1n) is 7.63. The van der Waals surface area contributed by atoms with Crippen LogP contribution in [0.15, 0.2) is 22.7 Å². The molecule has 0 saturated carbocycles. The second-order valence-corrected chi connectivity index (χ2v) is 7.18. The van der Waals surface area contributed by atoms with Crippen molar-refractivity contribution in [1.29, 1.82) is 0 Å². The standard InChI is InChI=1S/C16H20BrClN2O/c17-14-6-5-12(10-15(14)18)16(21)20-9-3-4-13(11-20)19-7-1-2-8-19/h5-6,10,13H,1-4,7-9,11H2. The third-order valence-corrected chi connectivity index (χ3v) is 5.74.